The highest BCUT2D eigenvalue weighted by molar-refractivity contribution is 9.10. The highest BCUT2D eigenvalue weighted by atomic mass is 79.9. The fraction of sp³-hybridized carbons (Fsp3) is 0.483. The fourth-order valence-corrected chi connectivity index (χ4v) is 6.94. The van der Waals surface area contributed by atoms with Gasteiger partial charge in [-0.25, -0.2) is 17.9 Å². The number of halogens is 1. The van der Waals surface area contributed by atoms with Crippen LogP contribution in [0.25, 0.3) is 16.6 Å². The largest absolute Gasteiger partial charge is 0.444 e. The van der Waals surface area contributed by atoms with Crippen LogP contribution in [0.3, 0.4) is 0 Å². The average Bonchev–Trinajstić information content (AvgIpc) is 3.67. The van der Waals surface area contributed by atoms with Crippen molar-refractivity contribution in [3.05, 3.63) is 52.1 Å². The van der Waals surface area contributed by atoms with Gasteiger partial charge >= 0.3 is 6.09 Å². The maximum atomic E-state index is 13.4. The predicted octanol–water partition coefficient (Wildman–Crippen LogP) is 5.19. The first kappa shape index (κ1) is 29.4. The third-order valence-electron chi connectivity index (χ3n) is 7.39. The van der Waals surface area contributed by atoms with E-state index in [1.165, 1.54) is 10.6 Å². The number of nitrogens with one attached hydrogen (secondary N) is 1. The minimum Gasteiger partial charge on any atom is -0.444 e. The minimum atomic E-state index is -3.68. The number of aromatic nitrogens is 2. The van der Waals surface area contributed by atoms with Gasteiger partial charge in [-0.15, -0.1) is 0 Å². The Labute approximate surface area is 249 Å². The van der Waals surface area contributed by atoms with Crippen molar-refractivity contribution in [2.75, 3.05) is 30.7 Å². The number of rotatable bonds is 6. The molecule has 10 nitrogen and oxygen atoms in total. The summed E-state index contributed by atoms with van der Waals surface area (Å²) in [6.45, 7) is 6.27. The summed E-state index contributed by atoms with van der Waals surface area (Å²) in [6.07, 6.45) is 3.69. The van der Waals surface area contributed by atoms with Crippen molar-refractivity contribution in [1.82, 2.24) is 20.0 Å². The molecule has 3 aromatic rings. The molecule has 5 rings (SSSR count). The quantitative estimate of drug-likeness (QED) is 0.395. The Morgan fingerprint density at radius 1 is 1.07 bits per heavy atom. The topological polar surface area (TPSA) is 114 Å². The molecular formula is C29H36BrN5O5S. The van der Waals surface area contributed by atoms with Gasteiger partial charge in [0.15, 0.2) is 0 Å². The first-order chi connectivity index (χ1) is 19.3. The molecule has 1 saturated heterocycles. The Kier molecular flexibility index (Phi) is 7.84. The van der Waals surface area contributed by atoms with Gasteiger partial charge < -0.3 is 15.0 Å². The molecule has 1 N–H and O–H groups in total. The number of hydrogen-bond donors (Lipinski definition) is 1. The first-order valence-electron chi connectivity index (χ1n) is 13.8. The summed E-state index contributed by atoms with van der Waals surface area (Å²) in [6, 6.07) is 10.9. The molecule has 2 amide bonds. The summed E-state index contributed by atoms with van der Waals surface area (Å²) in [5.74, 6) is -0.0755. The lowest BCUT2D eigenvalue weighted by Gasteiger charge is -2.39. The maximum absolute atomic E-state index is 13.4. The molecule has 0 bridgehead atoms. The van der Waals surface area contributed by atoms with E-state index < -0.39 is 15.6 Å². The number of hydrogen-bond acceptors (Lipinski definition) is 6. The van der Waals surface area contributed by atoms with Crippen molar-refractivity contribution in [3.63, 3.8) is 0 Å². The Morgan fingerprint density at radius 3 is 2.24 bits per heavy atom. The number of anilines is 1. The Balaban J connectivity index is 1.57. The van der Waals surface area contributed by atoms with Crippen LogP contribution in [0.5, 0.6) is 0 Å². The van der Waals surface area contributed by atoms with Crippen molar-refractivity contribution in [2.45, 2.75) is 64.0 Å². The number of piperidine rings is 1. The van der Waals surface area contributed by atoms with E-state index >= 15 is 0 Å². The lowest BCUT2D eigenvalue weighted by molar-refractivity contribution is 0.0207. The number of carbonyl (C=O) groups excluding carboxylic acids is 2. The van der Waals surface area contributed by atoms with Crippen molar-refractivity contribution in [1.29, 1.82) is 0 Å². The molecule has 2 aliphatic rings. The van der Waals surface area contributed by atoms with Crippen LogP contribution in [-0.2, 0) is 14.8 Å². The molecule has 0 unspecified atom stereocenters. The molecule has 41 heavy (non-hydrogen) atoms. The highest BCUT2D eigenvalue weighted by Gasteiger charge is 2.38. The van der Waals surface area contributed by atoms with Crippen LogP contribution in [0.1, 0.15) is 68.4 Å². The maximum Gasteiger partial charge on any atom is 0.410 e. The summed E-state index contributed by atoms with van der Waals surface area (Å²) in [5.41, 5.74) is 2.54. The van der Waals surface area contributed by atoms with Gasteiger partial charge in [-0.3, -0.25) is 9.10 Å². The van der Waals surface area contributed by atoms with Crippen LogP contribution < -0.4 is 9.62 Å². The lowest BCUT2D eigenvalue weighted by Crippen LogP contribution is -2.49. The van der Waals surface area contributed by atoms with Crippen molar-refractivity contribution in [3.8, 4) is 5.69 Å². The number of fused-ring (bicyclic) bond motifs is 1. The van der Waals surface area contributed by atoms with Gasteiger partial charge in [-0.2, -0.15) is 5.10 Å². The van der Waals surface area contributed by atoms with Crippen molar-refractivity contribution < 1.29 is 22.7 Å². The highest BCUT2D eigenvalue weighted by Crippen LogP contribution is 2.47. The van der Waals surface area contributed by atoms with Crippen LogP contribution in [0, 0.1) is 0 Å². The molecule has 0 spiro atoms. The standard InChI is InChI=1S/C29H36BrN5O5S/c1-29(2,3)40-28(37)33-14-12-21(13-15-33)35(41(5,38)39)25-17-24-23(16-22(25)18-6-7-18)26(27(36)31-4)34(32-24)20-10-8-19(30)9-11-20/h8-11,16-18,21H,6-7,12-15H2,1-5H3,(H,31,36). The number of carbonyl (C=O) groups is 2. The SMILES string of the molecule is CNC(=O)c1c2cc(C3CC3)c(N(C3CCN(C(=O)OC(C)(C)C)CC3)S(C)(=O)=O)cc2nn1-c1ccc(Br)cc1. The Morgan fingerprint density at radius 2 is 1.71 bits per heavy atom. The number of likely N-dealkylation sites (tertiary alicyclic amines) is 1. The monoisotopic (exact) mass is 645 g/mol. The zero-order valence-electron chi connectivity index (χ0n) is 24.0. The molecular weight excluding hydrogens is 610 g/mol. The number of nitrogens with zero attached hydrogens (tertiary/aromatic N) is 4. The van der Waals surface area contributed by atoms with E-state index in [-0.39, 0.29) is 24.0 Å². The van der Waals surface area contributed by atoms with Crippen molar-refractivity contribution >= 4 is 54.5 Å². The Hall–Kier alpha value is -3.12. The molecule has 1 saturated carbocycles. The minimum absolute atomic E-state index is 0.203. The van der Waals surface area contributed by atoms with E-state index in [2.05, 4.69) is 21.2 Å². The summed E-state index contributed by atoms with van der Waals surface area (Å²) in [4.78, 5) is 27.4. The normalized spacial score (nSPS) is 16.6. The van der Waals surface area contributed by atoms with Gasteiger partial charge in [0.05, 0.1) is 23.1 Å². The van der Waals surface area contributed by atoms with Crippen LogP contribution >= 0.6 is 15.9 Å². The number of sulfonamides is 1. The number of ether oxygens (including phenoxy) is 1. The molecule has 2 aromatic carbocycles. The molecule has 220 valence electrons. The zero-order chi connectivity index (χ0) is 29.7. The third kappa shape index (κ3) is 6.23. The molecule has 1 aliphatic heterocycles. The van der Waals surface area contributed by atoms with Crippen molar-refractivity contribution in [2.24, 2.45) is 0 Å². The summed E-state index contributed by atoms with van der Waals surface area (Å²) < 4.78 is 36.3. The van der Waals surface area contributed by atoms with E-state index in [4.69, 9.17) is 9.84 Å². The van der Waals surface area contributed by atoms with Gasteiger partial charge in [-0.05, 0) is 94.3 Å². The van der Waals surface area contributed by atoms with Crippen LogP contribution in [0.4, 0.5) is 10.5 Å². The molecule has 2 heterocycles. The van der Waals surface area contributed by atoms with E-state index in [0.717, 1.165) is 22.9 Å². The van der Waals surface area contributed by atoms with Crippen LogP contribution in [0.15, 0.2) is 40.9 Å². The van der Waals surface area contributed by atoms with E-state index in [0.29, 0.717) is 53.9 Å². The van der Waals surface area contributed by atoms with Crippen LogP contribution in [0.2, 0.25) is 0 Å². The molecule has 2 fully saturated rings. The molecule has 0 atom stereocenters. The van der Waals surface area contributed by atoms with Gasteiger partial charge in [0.1, 0.15) is 11.3 Å². The average molecular weight is 647 g/mol. The second-order valence-electron chi connectivity index (χ2n) is 11.8. The second kappa shape index (κ2) is 10.9. The van der Waals surface area contributed by atoms with E-state index in [1.54, 1.807) is 16.6 Å². The summed E-state index contributed by atoms with van der Waals surface area (Å²) in [7, 11) is -2.10. The van der Waals surface area contributed by atoms with E-state index in [9.17, 15) is 18.0 Å². The van der Waals surface area contributed by atoms with E-state index in [1.807, 2.05) is 57.2 Å². The molecule has 12 heteroatoms. The van der Waals surface area contributed by atoms with Crippen LogP contribution in [-0.4, -0.2) is 73.1 Å². The lowest BCUT2D eigenvalue weighted by atomic mass is 10.0. The molecule has 1 aromatic heterocycles. The molecule has 0 radical (unpaired) electrons. The van der Waals surface area contributed by atoms with Gasteiger partial charge in [0.2, 0.25) is 10.0 Å². The third-order valence-corrected chi connectivity index (χ3v) is 9.13. The summed E-state index contributed by atoms with van der Waals surface area (Å²) >= 11 is 3.45. The first-order valence-corrected chi connectivity index (χ1v) is 16.4. The Bertz CT molecular complexity index is 1580. The fourth-order valence-electron chi connectivity index (χ4n) is 5.41. The van der Waals surface area contributed by atoms with Gasteiger partial charge in [-0.1, -0.05) is 15.9 Å². The second-order valence-corrected chi connectivity index (χ2v) is 14.6. The van der Waals surface area contributed by atoms with Gasteiger partial charge in [0.25, 0.3) is 5.91 Å². The zero-order valence-corrected chi connectivity index (χ0v) is 26.4. The summed E-state index contributed by atoms with van der Waals surface area (Å²) in [5, 5.41) is 8.19. The van der Waals surface area contributed by atoms with Gasteiger partial charge in [0, 0.05) is 36.0 Å². The molecule has 1 aliphatic carbocycles. The number of amides is 2. The smallest absolute Gasteiger partial charge is 0.410 e. The number of benzene rings is 2. The predicted molar refractivity (Wildman–Crippen MR) is 162 cm³/mol.